The van der Waals surface area contributed by atoms with Crippen molar-refractivity contribution in [3.05, 3.63) is 10.5 Å². The molecule has 0 aliphatic heterocycles. The Hall–Kier alpha value is 0.0749. The molecular formula is C5H8BBrF3-. The van der Waals surface area contributed by atoms with Crippen molar-refractivity contribution in [3.8, 4) is 0 Å². The summed E-state index contributed by atoms with van der Waals surface area (Å²) in [4.78, 5) is 0. The van der Waals surface area contributed by atoms with Gasteiger partial charge in [0, 0.05) is 0 Å². The monoisotopic (exact) mass is 215 g/mol. The quantitative estimate of drug-likeness (QED) is 0.621. The van der Waals surface area contributed by atoms with E-state index >= 15 is 0 Å². The van der Waals surface area contributed by atoms with Gasteiger partial charge in [-0.2, -0.15) is 0 Å². The molecule has 0 aliphatic carbocycles. The van der Waals surface area contributed by atoms with Crippen molar-refractivity contribution in [2.24, 2.45) is 5.92 Å². The van der Waals surface area contributed by atoms with E-state index in [0.717, 1.165) is 0 Å². The van der Waals surface area contributed by atoms with Gasteiger partial charge in [-0.25, -0.2) is 0 Å². The summed E-state index contributed by atoms with van der Waals surface area (Å²) in [5.41, 5.74) is 0. The minimum absolute atomic E-state index is 0.0940. The highest BCUT2D eigenvalue weighted by atomic mass is 79.9. The molecule has 0 unspecified atom stereocenters. The van der Waals surface area contributed by atoms with Gasteiger partial charge in [0.2, 0.25) is 0 Å². The van der Waals surface area contributed by atoms with Crippen molar-refractivity contribution < 1.29 is 12.9 Å². The van der Waals surface area contributed by atoms with Crippen LogP contribution in [0.5, 0.6) is 0 Å². The van der Waals surface area contributed by atoms with Gasteiger partial charge >= 0.3 is 6.98 Å². The van der Waals surface area contributed by atoms with Crippen molar-refractivity contribution >= 4 is 22.9 Å². The van der Waals surface area contributed by atoms with E-state index in [1.54, 1.807) is 13.8 Å². The van der Waals surface area contributed by atoms with Gasteiger partial charge < -0.3 is 12.9 Å². The second kappa shape index (κ2) is 3.46. The molecule has 0 fully saturated rings. The van der Waals surface area contributed by atoms with Crippen molar-refractivity contribution in [1.29, 1.82) is 0 Å². The first kappa shape index (κ1) is 10.1. The summed E-state index contributed by atoms with van der Waals surface area (Å²) < 4.78 is 35.1. The van der Waals surface area contributed by atoms with Crippen LogP contribution in [0.3, 0.4) is 0 Å². The summed E-state index contributed by atoms with van der Waals surface area (Å²) in [6.45, 7) is -1.39. The largest absolute Gasteiger partial charge is 0.503 e. The van der Waals surface area contributed by atoms with Crippen LogP contribution in [0.4, 0.5) is 12.9 Å². The van der Waals surface area contributed by atoms with E-state index in [0.29, 0.717) is 5.98 Å². The van der Waals surface area contributed by atoms with Crippen molar-refractivity contribution in [3.63, 3.8) is 0 Å². The Balaban J connectivity index is 4.17. The zero-order chi connectivity index (χ0) is 8.36. The van der Waals surface area contributed by atoms with E-state index in [2.05, 4.69) is 15.9 Å². The van der Waals surface area contributed by atoms with E-state index < -0.39 is 6.98 Å². The number of hydrogen-bond donors (Lipinski definition) is 0. The fourth-order valence-electron chi connectivity index (χ4n) is 0.373. The van der Waals surface area contributed by atoms with Crippen LogP contribution in [0.25, 0.3) is 0 Å². The first-order valence-electron chi connectivity index (χ1n) is 2.91. The number of allylic oxidation sites excluding steroid dienone is 1. The highest BCUT2D eigenvalue weighted by molar-refractivity contribution is 9.11. The molecule has 0 aromatic carbocycles. The lowest BCUT2D eigenvalue weighted by Gasteiger charge is -2.11. The van der Waals surface area contributed by atoms with Crippen molar-refractivity contribution in [1.82, 2.24) is 0 Å². The molecule has 0 N–H and O–H groups in total. The Morgan fingerprint density at radius 2 is 1.80 bits per heavy atom. The van der Waals surface area contributed by atoms with Crippen LogP contribution in [0.15, 0.2) is 10.5 Å². The molecule has 0 aromatic rings. The molecule has 0 spiro atoms. The lowest BCUT2D eigenvalue weighted by atomic mass is 9.90. The van der Waals surface area contributed by atoms with Crippen LogP contribution in [-0.2, 0) is 0 Å². The summed E-state index contributed by atoms with van der Waals surface area (Å²) >= 11 is 2.83. The van der Waals surface area contributed by atoms with E-state index in [1.807, 2.05) is 0 Å². The van der Waals surface area contributed by atoms with E-state index in [1.165, 1.54) is 0 Å². The minimum atomic E-state index is -4.78. The summed E-state index contributed by atoms with van der Waals surface area (Å²) in [6.07, 6.45) is 0. The highest BCUT2D eigenvalue weighted by Crippen LogP contribution is 2.22. The van der Waals surface area contributed by atoms with E-state index in [9.17, 15) is 12.9 Å². The average molecular weight is 216 g/mol. The Kier molecular flexibility index (Phi) is 3.49. The summed E-state index contributed by atoms with van der Waals surface area (Å²) in [5.74, 6) is 0.230. The van der Waals surface area contributed by atoms with Gasteiger partial charge in [-0.15, -0.1) is 5.98 Å². The third-order valence-electron chi connectivity index (χ3n) is 0.900. The van der Waals surface area contributed by atoms with Gasteiger partial charge in [-0.3, -0.25) is 0 Å². The molecule has 0 amide bonds. The molecule has 10 heavy (non-hydrogen) atoms. The summed E-state index contributed by atoms with van der Waals surface area (Å²) in [5, 5.41) is 0. The molecule has 0 bridgehead atoms. The minimum Gasteiger partial charge on any atom is -0.445 e. The molecule has 0 saturated heterocycles. The summed E-state index contributed by atoms with van der Waals surface area (Å²) in [7, 11) is 0. The zero-order valence-corrected chi connectivity index (χ0v) is 7.33. The van der Waals surface area contributed by atoms with Gasteiger partial charge in [-0.05, 0) is 10.4 Å². The molecule has 0 radical (unpaired) electrons. The van der Waals surface area contributed by atoms with E-state index in [-0.39, 0.29) is 10.4 Å². The molecule has 0 nitrogen and oxygen atoms in total. The van der Waals surface area contributed by atoms with Crippen LogP contribution in [0.1, 0.15) is 13.8 Å². The molecule has 0 aromatic heterocycles. The molecular weight excluding hydrogens is 208 g/mol. The number of hydrogen-bond acceptors (Lipinski definition) is 0. The molecule has 0 saturated carbocycles. The Morgan fingerprint density at radius 3 is 1.90 bits per heavy atom. The third-order valence-corrected chi connectivity index (χ3v) is 2.08. The van der Waals surface area contributed by atoms with Crippen LogP contribution in [-0.4, -0.2) is 6.98 Å². The second-order valence-corrected chi connectivity index (χ2v) is 3.25. The maximum Gasteiger partial charge on any atom is 0.503 e. The number of halogens is 4. The molecule has 5 heteroatoms. The highest BCUT2D eigenvalue weighted by Gasteiger charge is 2.19. The van der Waals surface area contributed by atoms with Crippen LogP contribution in [0, 0.1) is 5.92 Å². The van der Waals surface area contributed by atoms with Crippen molar-refractivity contribution in [2.75, 3.05) is 0 Å². The lowest BCUT2D eigenvalue weighted by molar-refractivity contribution is 0.497. The van der Waals surface area contributed by atoms with Gasteiger partial charge in [0.15, 0.2) is 0 Å². The average Bonchev–Trinajstić information content (AvgIpc) is 1.60. The number of rotatable bonds is 2. The fourth-order valence-corrected chi connectivity index (χ4v) is 0.673. The lowest BCUT2D eigenvalue weighted by Crippen LogP contribution is -2.11. The topological polar surface area (TPSA) is 0 Å². The third kappa shape index (κ3) is 4.91. The SMILES string of the molecule is CC(C)C(Br)=C[B-](F)(F)F. The predicted octanol–water partition coefficient (Wildman–Crippen LogP) is 3.31. The molecule has 0 aliphatic rings. The Bertz CT molecular complexity index is 138. The van der Waals surface area contributed by atoms with Gasteiger partial charge in [0.1, 0.15) is 0 Å². The van der Waals surface area contributed by atoms with Crippen molar-refractivity contribution in [2.45, 2.75) is 13.8 Å². The fraction of sp³-hybridized carbons (Fsp3) is 0.600. The van der Waals surface area contributed by atoms with Crippen LogP contribution < -0.4 is 0 Å². The molecule has 60 valence electrons. The van der Waals surface area contributed by atoms with E-state index in [4.69, 9.17) is 0 Å². The first-order chi connectivity index (χ1) is 4.33. The Labute approximate surface area is 66.7 Å². The maximum atomic E-state index is 11.6. The van der Waals surface area contributed by atoms with Gasteiger partial charge in [0.05, 0.1) is 0 Å². The molecule has 0 rings (SSSR count). The molecule has 0 heterocycles. The molecule has 0 atom stereocenters. The normalized spacial score (nSPS) is 14.5. The standard InChI is InChI=1S/C5H8BBrF3/c1-4(2)5(7)3-6(8,9)10/h3-4H,1-2H3/q-1. The first-order valence-corrected chi connectivity index (χ1v) is 3.70. The van der Waals surface area contributed by atoms with Gasteiger partial charge in [-0.1, -0.05) is 29.8 Å². The summed E-state index contributed by atoms with van der Waals surface area (Å²) in [6, 6.07) is 0. The predicted molar refractivity (Wildman–Crippen MR) is 40.9 cm³/mol. The zero-order valence-electron chi connectivity index (χ0n) is 5.74. The Morgan fingerprint density at radius 1 is 1.40 bits per heavy atom. The van der Waals surface area contributed by atoms with Crippen LogP contribution in [0.2, 0.25) is 0 Å². The second-order valence-electron chi connectivity index (χ2n) is 2.33. The maximum absolute atomic E-state index is 11.6. The van der Waals surface area contributed by atoms with Crippen LogP contribution >= 0.6 is 15.9 Å². The smallest absolute Gasteiger partial charge is 0.445 e. The van der Waals surface area contributed by atoms with Gasteiger partial charge in [0.25, 0.3) is 0 Å².